The first-order valence-electron chi connectivity index (χ1n) is 5.99. The Kier molecular flexibility index (Phi) is 4.08. The molecular formula is C15H15ClFNO. The summed E-state index contributed by atoms with van der Waals surface area (Å²) in [4.78, 5) is 0. The normalized spacial score (nSPS) is 16.1. The van der Waals surface area contributed by atoms with Gasteiger partial charge in [-0.1, -0.05) is 36.4 Å². The van der Waals surface area contributed by atoms with Gasteiger partial charge >= 0.3 is 0 Å². The fourth-order valence-electron chi connectivity index (χ4n) is 2.19. The van der Waals surface area contributed by atoms with E-state index in [1.54, 1.807) is 12.1 Å². The topological polar surface area (TPSA) is 21.3 Å². The average Bonchev–Trinajstić information content (AvgIpc) is 2.35. The molecule has 1 saturated heterocycles. The van der Waals surface area contributed by atoms with Crippen LogP contribution in [0.5, 0.6) is 5.75 Å². The van der Waals surface area contributed by atoms with Crippen LogP contribution in [-0.4, -0.2) is 13.1 Å². The summed E-state index contributed by atoms with van der Waals surface area (Å²) >= 11 is 0. The quantitative estimate of drug-likeness (QED) is 0.932. The maximum absolute atomic E-state index is 13.2. The molecule has 2 aromatic rings. The highest BCUT2D eigenvalue weighted by atomic mass is 35.5. The van der Waals surface area contributed by atoms with Crippen molar-refractivity contribution in [3.05, 3.63) is 66.0 Å². The van der Waals surface area contributed by atoms with Crippen LogP contribution in [0.1, 0.15) is 5.56 Å². The van der Waals surface area contributed by atoms with E-state index in [0.717, 1.165) is 18.7 Å². The van der Waals surface area contributed by atoms with E-state index in [1.165, 1.54) is 12.1 Å². The summed E-state index contributed by atoms with van der Waals surface area (Å²) in [6.45, 7) is 1.49. The van der Waals surface area contributed by atoms with Crippen molar-refractivity contribution in [3.8, 4) is 5.75 Å². The van der Waals surface area contributed by atoms with Crippen LogP contribution >= 0.6 is 12.4 Å². The number of ether oxygens (including phenoxy) is 1. The number of hydrogen-bond acceptors (Lipinski definition) is 2. The van der Waals surface area contributed by atoms with Crippen molar-refractivity contribution >= 4 is 12.4 Å². The Morgan fingerprint density at radius 2 is 1.74 bits per heavy atom. The summed E-state index contributed by atoms with van der Waals surface area (Å²) in [6.07, 6.45) is 0. The molecule has 1 aliphatic heterocycles. The van der Waals surface area contributed by atoms with Crippen molar-refractivity contribution in [3.63, 3.8) is 0 Å². The van der Waals surface area contributed by atoms with E-state index < -0.39 is 0 Å². The summed E-state index contributed by atoms with van der Waals surface area (Å²) < 4.78 is 19.2. The summed E-state index contributed by atoms with van der Waals surface area (Å²) in [5.41, 5.74) is 0.753. The highest BCUT2D eigenvalue weighted by Crippen LogP contribution is 2.31. The Hall–Kier alpha value is -1.58. The second-order valence-electron chi connectivity index (χ2n) is 4.52. The van der Waals surface area contributed by atoms with E-state index in [2.05, 4.69) is 5.32 Å². The lowest BCUT2D eigenvalue weighted by molar-refractivity contribution is 0.0119. The van der Waals surface area contributed by atoms with Crippen LogP contribution in [0.15, 0.2) is 54.6 Å². The zero-order valence-corrected chi connectivity index (χ0v) is 11.1. The van der Waals surface area contributed by atoms with E-state index in [0.29, 0.717) is 5.75 Å². The molecule has 2 nitrogen and oxygen atoms in total. The SMILES string of the molecule is Cl.Fc1cccc(OC2(c3ccccc3)CNC2)c1. The number of hydrogen-bond donors (Lipinski definition) is 1. The van der Waals surface area contributed by atoms with Crippen LogP contribution in [0.3, 0.4) is 0 Å². The lowest BCUT2D eigenvalue weighted by Crippen LogP contribution is -2.60. The van der Waals surface area contributed by atoms with Crippen molar-refractivity contribution in [2.24, 2.45) is 0 Å². The van der Waals surface area contributed by atoms with E-state index in [4.69, 9.17) is 4.74 Å². The molecule has 0 saturated carbocycles. The van der Waals surface area contributed by atoms with Gasteiger partial charge in [-0.2, -0.15) is 0 Å². The van der Waals surface area contributed by atoms with Gasteiger partial charge in [0.1, 0.15) is 11.6 Å². The third-order valence-corrected chi connectivity index (χ3v) is 3.23. The molecular weight excluding hydrogens is 265 g/mol. The minimum absolute atomic E-state index is 0. The Labute approximate surface area is 118 Å². The van der Waals surface area contributed by atoms with Crippen molar-refractivity contribution in [1.82, 2.24) is 5.32 Å². The van der Waals surface area contributed by atoms with Gasteiger partial charge in [-0.05, 0) is 17.7 Å². The number of benzene rings is 2. The molecule has 1 heterocycles. The molecule has 4 heteroatoms. The second kappa shape index (κ2) is 5.59. The van der Waals surface area contributed by atoms with Crippen molar-refractivity contribution < 1.29 is 9.13 Å². The Balaban J connectivity index is 0.00000133. The van der Waals surface area contributed by atoms with Crippen molar-refractivity contribution in [1.29, 1.82) is 0 Å². The van der Waals surface area contributed by atoms with Gasteiger partial charge in [-0.3, -0.25) is 0 Å². The lowest BCUT2D eigenvalue weighted by Gasteiger charge is -2.43. The molecule has 2 aromatic carbocycles. The predicted molar refractivity (Wildman–Crippen MR) is 75.3 cm³/mol. The zero-order chi connectivity index (χ0) is 12.4. The minimum Gasteiger partial charge on any atom is -0.480 e. The van der Waals surface area contributed by atoms with Gasteiger partial charge in [0.05, 0.1) is 0 Å². The van der Waals surface area contributed by atoms with Gasteiger partial charge in [0, 0.05) is 19.2 Å². The van der Waals surface area contributed by atoms with Crippen LogP contribution < -0.4 is 10.1 Å². The Morgan fingerprint density at radius 1 is 1.00 bits per heavy atom. The van der Waals surface area contributed by atoms with Gasteiger partial charge < -0.3 is 10.1 Å². The minimum atomic E-state index is -0.366. The van der Waals surface area contributed by atoms with Gasteiger partial charge in [0.15, 0.2) is 5.60 Å². The van der Waals surface area contributed by atoms with Crippen LogP contribution in [0.25, 0.3) is 0 Å². The maximum atomic E-state index is 13.2. The third-order valence-electron chi connectivity index (χ3n) is 3.23. The molecule has 0 atom stereocenters. The summed E-state index contributed by atoms with van der Waals surface area (Å²) in [6, 6.07) is 16.3. The van der Waals surface area contributed by atoms with Gasteiger partial charge in [0.25, 0.3) is 0 Å². The molecule has 0 amide bonds. The zero-order valence-electron chi connectivity index (χ0n) is 10.3. The second-order valence-corrected chi connectivity index (χ2v) is 4.52. The lowest BCUT2D eigenvalue weighted by atomic mass is 9.88. The molecule has 1 fully saturated rings. The first kappa shape index (κ1) is 13.8. The van der Waals surface area contributed by atoms with Crippen molar-refractivity contribution in [2.45, 2.75) is 5.60 Å². The molecule has 0 radical (unpaired) electrons. The molecule has 0 bridgehead atoms. The Bertz CT molecular complexity index is 543. The smallest absolute Gasteiger partial charge is 0.159 e. The number of rotatable bonds is 3. The van der Waals surface area contributed by atoms with Crippen molar-refractivity contribution in [2.75, 3.05) is 13.1 Å². The Morgan fingerprint density at radius 3 is 2.32 bits per heavy atom. The first-order valence-corrected chi connectivity index (χ1v) is 5.99. The van der Waals surface area contributed by atoms with Gasteiger partial charge in [-0.15, -0.1) is 12.4 Å². The molecule has 100 valence electrons. The van der Waals surface area contributed by atoms with E-state index >= 15 is 0 Å². The molecule has 1 aliphatic rings. The van der Waals surface area contributed by atoms with E-state index in [9.17, 15) is 4.39 Å². The molecule has 0 unspecified atom stereocenters. The average molecular weight is 280 g/mol. The van der Waals surface area contributed by atoms with Gasteiger partial charge in [-0.25, -0.2) is 4.39 Å². The molecule has 3 rings (SSSR count). The highest BCUT2D eigenvalue weighted by molar-refractivity contribution is 5.85. The molecule has 1 N–H and O–H groups in total. The third kappa shape index (κ3) is 2.72. The monoisotopic (exact) mass is 279 g/mol. The molecule has 0 aromatic heterocycles. The van der Waals surface area contributed by atoms with Crippen LogP contribution in [0.4, 0.5) is 4.39 Å². The maximum Gasteiger partial charge on any atom is 0.159 e. The first-order chi connectivity index (χ1) is 8.78. The van der Waals surface area contributed by atoms with E-state index in [-0.39, 0.29) is 23.8 Å². The fraction of sp³-hybridized carbons (Fsp3) is 0.200. The fourth-order valence-corrected chi connectivity index (χ4v) is 2.19. The van der Waals surface area contributed by atoms with Crippen LogP contribution in [-0.2, 0) is 5.60 Å². The molecule has 0 aliphatic carbocycles. The predicted octanol–water partition coefficient (Wildman–Crippen LogP) is 3.13. The van der Waals surface area contributed by atoms with Crippen LogP contribution in [0.2, 0.25) is 0 Å². The molecule has 0 spiro atoms. The summed E-state index contributed by atoms with van der Waals surface area (Å²) in [7, 11) is 0. The number of nitrogens with one attached hydrogen (secondary N) is 1. The summed E-state index contributed by atoms with van der Waals surface area (Å²) in [5.74, 6) is 0.295. The summed E-state index contributed by atoms with van der Waals surface area (Å²) in [5, 5.41) is 3.22. The largest absolute Gasteiger partial charge is 0.480 e. The standard InChI is InChI=1S/C15H14FNO.ClH/c16-13-7-4-8-14(9-13)18-15(10-17-11-15)12-5-2-1-3-6-12;/h1-9,17H,10-11H2;1H. The van der Waals surface area contributed by atoms with Gasteiger partial charge in [0.2, 0.25) is 0 Å². The highest BCUT2D eigenvalue weighted by Gasteiger charge is 2.41. The molecule has 19 heavy (non-hydrogen) atoms. The van der Waals surface area contributed by atoms with Crippen LogP contribution in [0, 0.1) is 5.82 Å². The number of halogens is 2. The van der Waals surface area contributed by atoms with E-state index in [1.807, 2.05) is 30.3 Å².